The Morgan fingerprint density at radius 3 is 2.12 bits per heavy atom. The van der Waals surface area contributed by atoms with Gasteiger partial charge in [-0.3, -0.25) is 5.43 Å². The van der Waals surface area contributed by atoms with E-state index in [1.807, 2.05) is 6.07 Å². The Bertz CT molecular complexity index is 2290. The van der Waals surface area contributed by atoms with Crippen molar-refractivity contribution >= 4 is 27.6 Å². The summed E-state index contributed by atoms with van der Waals surface area (Å²) in [5.41, 5.74) is 14.8. The molecular weight excluding hydrogens is 611 g/mol. The van der Waals surface area contributed by atoms with E-state index >= 15 is 0 Å². The largest absolute Gasteiger partial charge is 0.454 e. The van der Waals surface area contributed by atoms with Crippen molar-refractivity contribution in [3.8, 4) is 22.3 Å². The maximum Gasteiger partial charge on any atom is 0.159 e. The van der Waals surface area contributed by atoms with Crippen molar-refractivity contribution in [1.29, 1.82) is 0 Å². The Kier molecular flexibility index (Phi) is 8.87. The summed E-state index contributed by atoms with van der Waals surface area (Å²) in [6.45, 7) is 4.55. The van der Waals surface area contributed by atoms with Crippen LogP contribution in [0.5, 0.6) is 0 Å². The Balaban J connectivity index is 1.09. The maximum atomic E-state index is 6.58. The van der Waals surface area contributed by atoms with Crippen LogP contribution in [0.4, 0.5) is 5.69 Å². The van der Waals surface area contributed by atoms with E-state index < -0.39 is 0 Å². The van der Waals surface area contributed by atoms with Gasteiger partial charge in [-0.15, -0.1) is 0 Å². The maximum absolute atomic E-state index is 6.58. The lowest BCUT2D eigenvalue weighted by Gasteiger charge is -2.33. The topological polar surface area (TPSA) is 40.4 Å². The second kappa shape index (κ2) is 14.0. The smallest absolute Gasteiger partial charge is 0.159 e. The summed E-state index contributed by atoms with van der Waals surface area (Å²) < 4.78 is 6.58. The number of hydrazine groups is 1. The first kappa shape index (κ1) is 31.6. The highest BCUT2D eigenvalue weighted by molar-refractivity contribution is 6.11. The van der Waals surface area contributed by atoms with Crippen LogP contribution < -0.4 is 10.7 Å². The number of benzene rings is 6. The van der Waals surface area contributed by atoms with Crippen molar-refractivity contribution in [2.45, 2.75) is 32.0 Å². The van der Waals surface area contributed by atoms with E-state index in [9.17, 15) is 0 Å². The molecule has 0 fully saturated rings. The van der Waals surface area contributed by atoms with Gasteiger partial charge in [-0.2, -0.15) is 0 Å². The van der Waals surface area contributed by atoms with Crippen LogP contribution in [0, 0.1) is 0 Å². The molecule has 8 rings (SSSR count). The van der Waals surface area contributed by atoms with Crippen molar-refractivity contribution in [3.05, 3.63) is 187 Å². The molecule has 7 aromatic rings. The van der Waals surface area contributed by atoms with Crippen LogP contribution in [0.25, 0.3) is 44.2 Å². The number of fused-ring (bicyclic) bond motifs is 3. The molecule has 0 aliphatic heterocycles. The molecule has 0 saturated carbocycles. The molecule has 1 atom stereocenters. The predicted molar refractivity (Wildman–Crippen MR) is 209 cm³/mol. The number of para-hydroxylation sites is 1. The molecule has 0 saturated heterocycles. The fourth-order valence-corrected chi connectivity index (χ4v) is 7.10. The zero-order valence-electron chi connectivity index (χ0n) is 28.3. The number of hydrogen-bond donors (Lipinski definition) is 2. The van der Waals surface area contributed by atoms with Gasteiger partial charge in [0.15, 0.2) is 5.58 Å². The number of nitrogens with one attached hydrogen (secondary N) is 2. The lowest BCUT2D eigenvalue weighted by atomic mass is 9.88. The van der Waals surface area contributed by atoms with Crippen LogP contribution >= 0.6 is 0 Å². The second-order valence-electron chi connectivity index (χ2n) is 13.4. The fraction of sp³-hybridized carbons (Fsp3) is 0.130. The first-order valence-electron chi connectivity index (χ1n) is 17.4. The van der Waals surface area contributed by atoms with Gasteiger partial charge >= 0.3 is 0 Å². The molecule has 1 heterocycles. The molecule has 4 heteroatoms. The molecule has 6 aromatic carbocycles. The van der Waals surface area contributed by atoms with Crippen LogP contribution in [0.1, 0.15) is 24.5 Å². The molecular formula is C46H41N3O. The van der Waals surface area contributed by atoms with Gasteiger partial charge in [0.2, 0.25) is 0 Å². The highest BCUT2D eigenvalue weighted by atomic mass is 16.3. The zero-order valence-corrected chi connectivity index (χ0v) is 28.3. The number of anilines is 1. The second-order valence-corrected chi connectivity index (χ2v) is 13.4. The molecule has 0 radical (unpaired) electrons. The fourth-order valence-electron chi connectivity index (χ4n) is 7.10. The first-order valence-corrected chi connectivity index (χ1v) is 17.4. The van der Waals surface area contributed by atoms with E-state index in [0.29, 0.717) is 0 Å². The minimum atomic E-state index is -0.330. The molecule has 246 valence electrons. The zero-order chi connectivity index (χ0) is 33.8. The van der Waals surface area contributed by atoms with Crippen molar-refractivity contribution in [3.63, 3.8) is 0 Å². The lowest BCUT2D eigenvalue weighted by molar-refractivity contribution is 0.192. The molecule has 4 nitrogen and oxygen atoms in total. The quantitative estimate of drug-likeness (QED) is 0.137. The van der Waals surface area contributed by atoms with E-state index in [2.05, 4.69) is 186 Å². The minimum absolute atomic E-state index is 0.330. The standard InChI is InChI=1S/C46H41N3O/c1-46(48-44-40(38-21-9-4-10-22-38)26-27-42-41-24-11-12-25-43(41)50-45(42)44)28-14-18-36(30-46)33-49(32-34-15-5-2-6-16-34)47-31-35-17-13-23-39(29-35)37-19-7-3-8-20-37/h2-27,29-30,47-48H,28,31-33H2,1H3. The molecule has 0 amide bonds. The summed E-state index contributed by atoms with van der Waals surface area (Å²) in [5.74, 6) is 0. The number of nitrogens with zero attached hydrogens (tertiary/aromatic N) is 1. The predicted octanol–water partition coefficient (Wildman–Crippen LogP) is 11.2. The van der Waals surface area contributed by atoms with E-state index in [0.717, 1.165) is 64.8 Å². The van der Waals surface area contributed by atoms with E-state index in [1.54, 1.807) is 0 Å². The third-order valence-corrected chi connectivity index (χ3v) is 9.55. The number of hydrogen-bond acceptors (Lipinski definition) is 4. The minimum Gasteiger partial charge on any atom is -0.454 e. The molecule has 1 unspecified atom stereocenters. The molecule has 1 aromatic heterocycles. The van der Waals surface area contributed by atoms with Gasteiger partial charge in [0.25, 0.3) is 0 Å². The van der Waals surface area contributed by atoms with Gasteiger partial charge in [0.05, 0.1) is 11.2 Å². The Morgan fingerprint density at radius 2 is 1.32 bits per heavy atom. The molecule has 0 bridgehead atoms. The van der Waals surface area contributed by atoms with E-state index in [1.165, 1.54) is 27.8 Å². The van der Waals surface area contributed by atoms with Gasteiger partial charge in [-0.05, 0) is 64.9 Å². The average molecular weight is 652 g/mol. The summed E-state index contributed by atoms with van der Waals surface area (Å²) in [6, 6.07) is 53.4. The number of furan rings is 1. The van der Waals surface area contributed by atoms with Gasteiger partial charge in [-0.1, -0.05) is 152 Å². The summed E-state index contributed by atoms with van der Waals surface area (Å²) in [5, 5.41) is 8.59. The average Bonchev–Trinajstić information content (AvgIpc) is 3.55. The van der Waals surface area contributed by atoms with Crippen LogP contribution in [-0.2, 0) is 13.1 Å². The molecule has 1 aliphatic rings. The van der Waals surface area contributed by atoms with Crippen molar-refractivity contribution in [1.82, 2.24) is 10.4 Å². The summed E-state index contributed by atoms with van der Waals surface area (Å²) in [4.78, 5) is 0. The van der Waals surface area contributed by atoms with Gasteiger partial charge in [0.1, 0.15) is 5.58 Å². The Morgan fingerprint density at radius 1 is 0.640 bits per heavy atom. The first-order chi connectivity index (χ1) is 24.6. The molecule has 50 heavy (non-hydrogen) atoms. The van der Waals surface area contributed by atoms with Crippen LogP contribution in [0.2, 0.25) is 0 Å². The van der Waals surface area contributed by atoms with E-state index in [-0.39, 0.29) is 5.54 Å². The SMILES string of the molecule is CC1(Nc2c(-c3ccccc3)ccc3c2oc2ccccc23)C=C(CN(Cc2ccccc2)NCc2cccc(-c3ccccc3)c2)C=CC1. The van der Waals surface area contributed by atoms with Crippen molar-refractivity contribution < 1.29 is 4.42 Å². The third kappa shape index (κ3) is 6.90. The Labute approximate surface area is 294 Å². The lowest BCUT2D eigenvalue weighted by Crippen LogP contribution is -2.40. The highest BCUT2D eigenvalue weighted by Gasteiger charge is 2.27. The summed E-state index contributed by atoms with van der Waals surface area (Å²) in [7, 11) is 0. The third-order valence-electron chi connectivity index (χ3n) is 9.55. The molecule has 0 spiro atoms. The normalized spacial score (nSPS) is 15.8. The van der Waals surface area contributed by atoms with Crippen molar-refractivity contribution in [2.75, 3.05) is 11.9 Å². The summed E-state index contributed by atoms with van der Waals surface area (Å²) >= 11 is 0. The highest BCUT2D eigenvalue weighted by Crippen LogP contribution is 2.42. The van der Waals surface area contributed by atoms with Crippen LogP contribution in [0.15, 0.2) is 180 Å². The monoisotopic (exact) mass is 651 g/mol. The molecule has 1 aliphatic carbocycles. The van der Waals surface area contributed by atoms with Gasteiger partial charge in [-0.25, -0.2) is 5.01 Å². The van der Waals surface area contributed by atoms with E-state index in [4.69, 9.17) is 4.42 Å². The van der Waals surface area contributed by atoms with Gasteiger partial charge in [0, 0.05) is 36.0 Å². The number of rotatable bonds is 11. The molecule has 2 N–H and O–H groups in total. The van der Waals surface area contributed by atoms with Crippen molar-refractivity contribution in [2.24, 2.45) is 0 Å². The van der Waals surface area contributed by atoms with Gasteiger partial charge < -0.3 is 9.73 Å². The summed E-state index contributed by atoms with van der Waals surface area (Å²) in [6.07, 6.45) is 7.84. The Hall–Kier alpha value is -5.68. The van der Waals surface area contributed by atoms with Crippen LogP contribution in [0.3, 0.4) is 0 Å². The van der Waals surface area contributed by atoms with Crippen LogP contribution in [-0.4, -0.2) is 17.1 Å².